The van der Waals surface area contributed by atoms with Crippen LogP contribution in [0.1, 0.15) is 24.5 Å². The molecule has 4 aromatic rings. The maximum absolute atomic E-state index is 13.9. The Morgan fingerprint density at radius 2 is 1.85 bits per heavy atom. The lowest BCUT2D eigenvalue weighted by Gasteiger charge is -2.35. The van der Waals surface area contributed by atoms with Crippen molar-refractivity contribution in [1.82, 2.24) is 15.0 Å². The van der Waals surface area contributed by atoms with E-state index in [1.807, 2.05) is 16.9 Å². The summed E-state index contributed by atoms with van der Waals surface area (Å²) >= 11 is 1.44. The molecule has 0 fully saturated rings. The fraction of sp³-hybridized carbons (Fsp3) is 0.250. The monoisotopic (exact) mass is 599 g/mol. The first kappa shape index (κ1) is 28.4. The molecule has 0 spiro atoms. The Morgan fingerprint density at radius 3 is 2.61 bits per heavy atom. The van der Waals surface area contributed by atoms with Crippen molar-refractivity contribution in [3.8, 4) is 0 Å². The van der Waals surface area contributed by atoms with E-state index in [9.17, 15) is 26.8 Å². The van der Waals surface area contributed by atoms with E-state index in [1.54, 1.807) is 42.8 Å². The van der Waals surface area contributed by atoms with Gasteiger partial charge in [0.25, 0.3) is 0 Å². The molecule has 1 aliphatic rings. The number of fused-ring (bicyclic) bond motifs is 2. The molecule has 1 aliphatic heterocycles. The molecule has 13 heteroatoms. The van der Waals surface area contributed by atoms with Gasteiger partial charge in [-0.3, -0.25) is 9.10 Å². The Morgan fingerprint density at radius 1 is 1.12 bits per heavy atom. The normalized spacial score (nSPS) is 15.7. The smallest absolute Gasteiger partial charge is 0.325 e. The highest BCUT2D eigenvalue weighted by molar-refractivity contribution is 7.91. The average Bonchev–Trinajstić information content (AvgIpc) is 3.39. The van der Waals surface area contributed by atoms with E-state index in [1.165, 1.54) is 23.3 Å². The van der Waals surface area contributed by atoms with Crippen molar-refractivity contribution in [3.05, 3.63) is 88.9 Å². The second kappa shape index (κ2) is 11.4. The van der Waals surface area contributed by atoms with Gasteiger partial charge in [-0.2, -0.15) is 8.42 Å². The molecular formula is C28H27F2N5O4S2. The minimum atomic E-state index is -4.37. The third-order valence-electron chi connectivity index (χ3n) is 6.94. The Bertz CT molecular complexity index is 1710. The first-order valence-corrected chi connectivity index (χ1v) is 15.1. The molecule has 0 saturated heterocycles. The number of benzene rings is 3. The maximum atomic E-state index is 13.9. The minimum Gasteiger partial charge on any atom is -0.325 e. The fourth-order valence-electron chi connectivity index (χ4n) is 4.96. The summed E-state index contributed by atoms with van der Waals surface area (Å²) in [5, 5.41) is 2.42. The van der Waals surface area contributed by atoms with E-state index < -0.39 is 45.9 Å². The highest BCUT2D eigenvalue weighted by atomic mass is 32.2. The number of urea groups is 1. The van der Waals surface area contributed by atoms with Gasteiger partial charge >= 0.3 is 16.2 Å². The van der Waals surface area contributed by atoms with Gasteiger partial charge in [0.15, 0.2) is 0 Å². The first-order valence-electron chi connectivity index (χ1n) is 12.8. The number of hydrogen-bond acceptors (Lipinski definition) is 6. The molecule has 2 atom stereocenters. The summed E-state index contributed by atoms with van der Waals surface area (Å²) in [5.74, 6) is -2.33. The molecular weight excluding hydrogens is 572 g/mol. The van der Waals surface area contributed by atoms with Crippen LogP contribution < -0.4 is 19.2 Å². The minimum absolute atomic E-state index is 0.103. The number of thiazole rings is 1. The predicted molar refractivity (Wildman–Crippen MR) is 154 cm³/mol. The number of rotatable bonds is 7. The molecule has 0 saturated carbocycles. The molecule has 9 nitrogen and oxygen atoms in total. The van der Waals surface area contributed by atoms with Crippen molar-refractivity contribution in [3.63, 3.8) is 0 Å². The summed E-state index contributed by atoms with van der Waals surface area (Å²) in [6.07, 6.45) is 0.947. The molecule has 1 unspecified atom stereocenters. The largest absolute Gasteiger partial charge is 0.330 e. The van der Waals surface area contributed by atoms with Gasteiger partial charge in [-0.25, -0.2) is 23.3 Å². The van der Waals surface area contributed by atoms with Crippen LogP contribution >= 0.6 is 11.3 Å². The number of aromatic nitrogens is 1. The summed E-state index contributed by atoms with van der Waals surface area (Å²) in [4.78, 5) is 32.3. The lowest BCUT2D eigenvalue weighted by Crippen LogP contribution is -2.56. The van der Waals surface area contributed by atoms with Gasteiger partial charge < -0.3 is 10.2 Å². The third kappa shape index (κ3) is 6.15. The Kier molecular flexibility index (Phi) is 7.91. The average molecular weight is 600 g/mol. The van der Waals surface area contributed by atoms with Crippen LogP contribution in [0.25, 0.3) is 10.2 Å². The van der Waals surface area contributed by atoms with Crippen LogP contribution in [0.15, 0.2) is 66.2 Å². The number of anilines is 2. The number of amides is 3. The maximum Gasteiger partial charge on any atom is 0.330 e. The summed E-state index contributed by atoms with van der Waals surface area (Å²) in [5.41, 5.74) is 4.21. The van der Waals surface area contributed by atoms with Gasteiger partial charge in [0, 0.05) is 31.3 Å². The van der Waals surface area contributed by atoms with Crippen molar-refractivity contribution in [2.75, 3.05) is 16.3 Å². The number of aryl methyl sites for hydroxylation is 1. The van der Waals surface area contributed by atoms with Crippen LogP contribution in [0.4, 0.5) is 25.0 Å². The van der Waals surface area contributed by atoms with Crippen molar-refractivity contribution in [1.29, 1.82) is 0 Å². The van der Waals surface area contributed by atoms with Crippen LogP contribution in [-0.4, -0.2) is 44.5 Å². The molecule has 3 amide bonds. The van der Waals surface area contributed by atoms with Crippen molar-refractivity contribution in [2.45, 2.75) is 38.3 Å². The number of likely N-dealkylation sites (N-methyl/N-ethyl adjacent to an activating group) is 1. The number of para-hydroxylation sites is 1. The van der Waals surface area contributed by atoms with E-state index in [2.05, 4.69) is 10.3 Å². The standard InChI is InChI=1S/C28H27F2N5O4S2/c1-17-7-8-19-5-3-4-6-25(19)35(17)41(38,39)33-28(37)32-24(13-18-11-20(29)14-21(30)12-18)27(36)34(2)22-9-10-26-23(15-22)31-16-40-26/h3-6,9-12,14-17,24H,7-8,13H2,1-2H3,(H2,32,33,37)/t17?,24-/m0/s1. The summed E-state index contributed by atoms with van der Waals surface area (Å²) in [7, 11) is -2.89. The lowest BCUT2D eigenvalue weighted by molar-refractivity contribution is -0.120. The van der Waals surface area contributed by atoms with Crippen LogP contribution in [0.3, 0.4) is 0 Å². The van der Waals surface area contributed by atoms with Gasteiger partial charge in [-0.05, 0) is 67.3 Å². The van der Waals surface area contributed by atoms with E-state index in [-0.39, 0.29) is 12.0 Å². The van der Waals surface area contributed by atoms with Gasteiger partial charge in [-0.1, -0.05) is 18.2 Å². The zero-order chi connectivity index (χ0) is 29.3. The van der Waals surface area contributed by atoms with Gasteiger partial charge in [-0.15, -0.1) is 11.3 Å². The molecule has 0 bridgehead atoms. The lowest BCUT2D eigenvalue weighted by atomic mass is 9.99. The SMILES string of the molecule is CC1CCc2ccccc2N1S(=O)(=O)NC(=O)N[C@@H](Cc1cc(F)cc(F)c1)C(=O)N(C)c1ccc2scnc2c1. The van der Waals surface area contributed by atoms with E-state index in [4.69, 9.17) is 0 Å². The third-order valence-corrected chi connectivity index (χ3v) is 9.27. The number of nitrogens with one attached hydrogen (secondary N) is 2. The Labute approximate surface area is 240 Å². The summed E-state index contributed by atoms with van der Waals surface area (Å²) in [6.45, 7) is 1.74. The molecule has 3 aromatic carbocycles. The van der Waals surface area contributed by atoms with E-state index >= 15 is 0 Å². The van der Waals surface area contributed by atoms with Crippen LogP contribution in [-0.2, 0) is 27.8 Å². The van der Waals surface area contributed by atoms with Gasteiger partial charge in [0.2, 0.25) is 5.91 Å². The van der Waals surface area contributed by atoms with Crippen LogP contribution in [0.5, 0.6) is 0 Å². The molecule has 2 N–H and O–H groups in total. The van der Waals surface area contributed by atoms with Crippen molar-refractivity contribution in [2.24, 2.45) is 0 Å². The molecule has 1 aromatic heterocycles. The summed E-state index contributed by atoms with van der Waals surface area (Å²) in [6, 6.07) is 12.1. The number of carbonyl (C=O) groups is 2. The van der Waals surface area contributed by atoms with E-state index in [0.717, 1.165) is 26.7 Å². The second-order valence-corrected chi connectivity index (χ2v) is 12.3. The van der Waals surface area contributed by atoms with Crippen LogP contribution in [0.2, 0.25) is 0 Å². The number of carbonyl (C=O) groups excluding carboxylic acids is 2. The van der Waals surface area contributed by atoms with Crippen LogP contribution in [0, 0.1) is 11.6 Å². The zero-order valence-electron chi connectivity index (χ0n) is 22.2. The topological polar surface area (TPSA) is 112 Å². The second-order valence-electron chi connectivity index (χ2n) is 9.83. The van der Waals surface area contributed by atoms with Crippen molar-refractivity contribution >= 4 is 55.1 Å². The number of halogens is 2. The molecule has 0 aliphatic carbocycles. The fourth-order valence-corrected chi connectivity index (χ4v) is 7.02. The highest BCUT2D eigenvalue weighted by Gasteiger charge is 2.35. The quantitative estimate of drug-likeness (QED) is 0.324. The van der Waals surface area contributed by atoms with Crippen molar-refractivity contribution < 1.29 is 26.8 Å². The van der Waals surface area contributed by atoms with Gasteiger partial charge in [0.1, 0.15) is 17.7 Å². The molecule has 2 heterocycles. The first-order chi connectivity index (χ1) is 19.5. The number of hydrogen-bond donors (Lipinski definition) is 2. The molecule has 0 radical (unpaired) electrons. The summed E-state index contributed by atoms with van der Waals surface area (Å²) < 4.78 is 58.7. The predicted octanol–water partition coefficient (Wildman–Crippen LogP) is 4.53. The molecule has 41 heavy (non-hydrogen) atoms. The number of nitrogens with zero attached hydrogens (tertiary/aromatic N) is 3. The highest BCUT2D eigenvalue weighted by Crippen LogP contribution is 2.32. The Hall–Kier alpha value is -4.10. The van der Waals surface area contributed by atoms with Gasteiger partial charge in [0.05, 0.1) is 21.4 Å². The molecule has 5 rings (SSSR count). The Balaban J connectivity index is 1.40. The molecule has 214 valence electrons. The zero-order valence-corrected chi connectivity index (χ0v) is 23.8. The van der Waals surface area contributed by atoms with E-state index in [0.29, 0.717) is 35.8 Å².